The minimum atomic E-state index is -1.02. The quantitative estimate of drug-likeness (QED) is 0.0311. The number of esters is 10. The van der Waals surface area contributed by atoms with Gasteiger partial charge in [0.1, 0.15) is 64.1 Å². The molecular weight excluding hydrogens is 1500 g/mol. The van der Waals surface area contributed by atoms with Crippen LogP contribution < -0.4 is 0 Å². The lowest BCUT2D eigenvalue weighted by Crippen LogP contribution is -2.39. The second kappa shape index (κ2) is 80.1. The topological polar surface area (TPSA) is 263 Å². The fourth-order valence-electron chi connectivity index (χ4n) is 15.2. The smallest absolute Gasteiger partial charge is 0.305 e. The van der Waals surface area contributed by atoms with Gasteiger partial charge in [-0.15, -0.1) is 0 Å². The molecule has 0 aliphatic rings. The third-order valence-electron chi connectivity index (χ3n) is 23.2. The van der Waals surface area contributed by atoms with Crippen LogP contribution in [0.15, 0.2) is 0 Å². The third kappa shape index (κ3) is 72.3. The van der Waals surface area contributed by atoms with Crippen LogP contribution in [0.2, 0.25) is 0 Å². The molecule has 0 N–H and O–H groups in total. The van der Waals surface area contributed by atoms with Crippen LogP contribution in [0.25, 0.3) is 0 Å². The number of unbranched alkanes of at least 4 members (excludes halogenated alkanes) is 41. The van der Waals surface area contributed by atoms with Gasteiger partial charge in [0.05, 0.1) is 10.8 Å². The summed E-state index contributed by atoms with van der Waals surface area (Å²) in [5.41, 5.74) is -2.03. The van der Waals surface area contributed by atoms with Gasteiger partial charge in [-0.1, -0.05) is 273 Å². The number of hydrogen-bond acceptors (Lipinski definition) is 20. The molecule has 20 nitrogen and oxygen atoms in total. The summed E-state index contributed by atoms with van der Waals surface area (Å²) in [6.45, 7) is 17.7. The van der Waals surface area contributed by atoms with Crippen LogP contribution in [-0.2, 0) is 95.3 Å². The summed E-state index contributed by atoms with van der Waals surface area (Å²) in [6, 6.07) is 0. The fourth-order valence-corrected chi connectivity index (χ4v) is 15.2. The Labute approximate surface area is 719 Å². The Morgan fingerprint density at radius 2 is 0.314 bits per heavy atom. The summed E-state index contributed by atoms with van der Waals surface area (Å²) in [7, 11) is 0. The zero-order chi connectivity index (χ0) is 87.1. The Morgan fingerprint density at radius 1 is 0.186 bits per heavy atom. The molecule has 0 heterocycles. The maximum Gasteiger partial charge on any atom is 0.305 e. The summed E-state index contributed by atoms with van der Waals surface area (Å²) in [5, 5.41) is 0. The summed E-state index contributed by atoms with van der Waals surface area (Å²) in [4.78, 5) is 128. The fraction of sp³-hybridized carbons (Fsp3) is 0.898. The van der Waals surface area contributed by atoms with Crippen LogP contribution in [0.4, 0.5) is 0 Å². The maximum absolute atomic E-state index is 13.5. The van der Waals surface area contributed by atoms with Gasteiger partial charge >= 0.3 is 59.7 Å². The third-order valence-corrected chi connectivity index (χ3v) is 23.2. The second-order valence-corrected chi connectivity index (χ2v) is 34.7. The molecule has 0 fully saturated rings. The van der Waals surface area contributed by atoms with Crippen LogP contribution in [0.5, 0.6) is 0 Å². The summed E-state index contributed by atoms with van der Waals surface area (Å²) in [6.07, 6.45) is 59.5. The van der Waals surface area contributed by atoms with Crippen LogP contribution in [0.3, 0.4) is 0 Å². The Balaban J connectivity index is 5.89. The van der Waals surface area contributed by atoms with E-state index >= 15 is 0 Å². The minimum Gasteiger partial charge on any atom is -0.465 e. The van der Waals surface area contributed by atoms with E-state index in [1.807, 2.05) is 13.8 Å². The molecule has 118 heavy (non-hydrogen) atoms. The molecule has 0 saturated heterocycles. The molecule has 0 radical (unpaired) electrons. The molecule has 4 unspecified atom stereocenters. The molecule has 690 valence electrons. The van der Waals surface area contributed by atoms with Gasteiger partial charge in [0.25, 0.3) is 0 Å². The first-order valence-electron chi connectivity index (χ1n) is 48.7. The van der Waals surface area contributed by atoms with Crippen molar-refractivity contribution in [1.82, 2.24) is 0 Å². The highest BCUT2D eigenvalue weighted by Crippen LogP contribution is 2.30. The monoisotopic (exact) mass is 1680 g/mol. The molecule has 0 spiro atoms. The van der Waals surface area contributed by atoms with E-state index in [0.29, 0.717) is 51.4 Å². The van der Waals surface area contributed by atoms with Crippen LogP contribution in [0, 0.1) is 10.8 Å². The molecule has 0 bridgehead atoms. The molecule has 0 aliphatic heterocycles. The maximum atomic E-state index is 13.5. The Hall–Kier alpha value is -5.30. The van der Waals surface area contributed by atoms with Gasteiger partial charge in [0.15, 0.2) is 0 Å². The standard InChI is InChI=1S/C98H178O20/c1-11-17-21-25-29-37-49-63-87(115-83(7)99)67-53-41-33-45-57-71-91(103)109-77-97(15-5,78-110-92(104)72-58-46-34-42-54-68-88(116-84(8)100)64-50-38-30-26-22-18-12-2)81-113-95(107)75-61-62-76-96(108)114-82-98(16-6,79-111-93(105)73-59-47-35-43-55-69-89(117-85(9)101)65-51-39-31-27-23-19-13-3)80-112-94(106)74-60-48-36-44-56-70-90(118-86(10)102)66-52-40-32-28-24-20-14-4/h87-90H,11-82H2,1-10H3. The molecule has 0 aromatic rings. The normalized spacial score (nSPS) is 13.4. The van der Waals surface area contributed by atoms with Gasteiger partial charge in [0.2, 0.25) is 0 Å². The Kier molecular flexibility index (Phi) is 76.5. The second-order valence-electron chi connectivity index (χ2n) is 34.7. The molecule has 20 heteroatoms. The highest BCUT2D eigenvalue weighted by molar-refractivity contribution is 5.72. The van der Waals surface area contributed by atoms with Crippen molar-refractivity contribution >= 4 is 59.7 Å². The van der Waals surface area contributed by atoms with E-state index in [2.05, 4.69) is 27.7 Å². The van der Waals surface area contributed by atoms with E-state index in [9.17, 15) is 47.9 Å². The highest BCUT2D eigenvalue weighted by Gasteiger charge is 2.36. The lowest BCUT2D eigenvalue weighted by Gasteiger charge is -2.31. The van der Waals surface area contributed by atoms with Crippen LogP contribution in [-0.4, -0.2) is 124 Å². The zero-order valence-electron chi connectivity index (χ0n) is 77.4. The highest BCUT2D eigenvalue weighted by atomic mass is 16.6. The van der Waals surface area contributed by atoms with E-state index in [0.717, 1.165) is 205 Å². The van der Waals surface area contributed by atoms with Gasteiger partial charge in [-0.2, -0.15) is 0 Å². The Bertz CT molecular complexity index is 2180. The lowest BCUT2D eigenvalue weighted by atomic mass is 9.88. The van der Waals surface area contributed by atoms with Gasteiger partial charge < -0.3 is 47.4 Å². The van der Waals surface area contributed by atoms with E-state index in [4.69, 9.17) is 47.4 Å². The average Bonchev–Trinajstić information content (AvgIpc) is 0.867. The van der Waals surface area contributed by atoms with Crippen LogP contribution in [0.1, 0.15) is 493 Å². The Morgan fingerprint density at radius 3 is 0.449 bits per heavy atom. The first kappa shape index (κ1) is 113. The number of carbonyl (C=O) groups is 10. The summed E-state index contributed by atoms with van der Waals surface area (Å²) >= 11 is 0. The van der Waals surface area contributed by atoms with Crippen molar-refractivity contribution in [2.24, 2.45) is 10.8 Å². The van der Waals surface area contributed by atoms with Crippen molar-refractivity contribution in [2.75, 3.05) is 39.6 Å². The molecule has 0 saturated carbocycles. The molecule has 0 rings (SSSR count). The van der Waals surface area contributed by atoms with Crippen molar-refractivity contribution in [2.45, 2.75) is 517 Å². The van der Waals surface area contributed by atoms with E-state index in [-0.39, 0.29) is 150 Å². The lowest BCUT2D eigenvalue weighted by molar-refractivity contribution is -0.165. The number of hydrogen-bond donors (Lipinski definition) is 0. The number of ether oxygens (including phenoxy) is 10. The summed E-state index contributed by atoms with van der Waals surface area (Å²) in [5.74, 6) is -3.58. The van der Waals surface area contributed by atoms with Gasteiger partial charge in [0, 0.05) is 66.2 Å². The minimum absolute atomic E-state index is 0.0174. The van der Waals surface area contributed by atoms with Crippen LogP contribution >= 0.6 is 0 Å². The molecule has 4 atom stereocenters. The molecule has 0 aromatic heterocycles. The number of rotatable bonds is 87. The molecular formula is C98H178O20. The average molecular weight is 1680 g/mol. The molecule has 0 aromatic carbocycles. The first-order valence-corrected chi connectivity index (χ1v) is 48.7. The SMILES string of the molecule is CCCCCCCCCC(CCCCCCCC(=O)OCC(CC)(COC(=O)CCCCCCCC(CCCCCCCCC)OC(C)=O)COC(=O)CCCCC(=O)OCC(CC)(COC(=O)CCCCCCCC(CCCCCCCCC)OC(C)=O)COC(=O)CCCCCCCC(CCCCCCCCC)OC(C)=O)OC(C)=O. The van der Waals surface area contributed by atoms with Crippen molar-refractivity contribution in [1.29, 1.82) is 0 Å². The predicted octanol–water partition coefficient (Wildman–Crippen LogP) is 25.8. The van der Waals surface area contributed by atoms with Crippen molar-refractivity contribution < 1.29 is 95.3 Å². The van der Waals surface area contributed by atoms with Gasteiger partial charge in [-0.25, -0.2) is 0 Å². The van der Waals surface area contributed by atoms with Gasteiger partial charge in [-0.05, 0) is 154 Å². The van der Waals surface area contributed by atoms with Crippen molar-refractivity contribution in [3.8, 4) is 0 Å². The van der Waals surface area contributed by atoms with Crippen molar-refractivity contribution in [3.05, 3.63) is 0 Å². The van der Waals surface area contributed by atoms with E-state index in [1.54, 1.807) is 0 Å². The van der Waals surface area contributed by atoms with Gasteiger partial charge in [-0.3, -0.25) is 47.9 Å². The zero-order valence-corrected chi connectivity index (χ0v) is 77.4. The van der Waals surface area contributed by atoms with E-state index in [1.165, 1.54) is 156 Å². The predicted molar refractivity (Wildman–Crippen MR) is 472 cm³/mol. The first-order chi connectivity index (χ1) is 57.1. The van der Waals surface area contributed by atoms with Crippen molar-refractivity contribution in [3.63, 3.8) is 0 Å². The summed E-state index contributed by atoms with van der Waals surface area (Å²) < 4.78 is 58.0. The molecule has 0 aliphatic carbocycles. The van der Waals surface area contributed by atoms with E-state index < -0.39 is 22.8 Å². The number of carbonyl (C=O) groups excluding carboxylic acids is 10. The largest absolute Gasteiger partial charge is 0.465 e. The molecule has 0 amide bonds.